The highest BCUT2D eigenvalue weighted by Gasteiger charge is 2.15. The molecule has 102 valence electrons. The topological polar surface area (TPSA) is 63.6 Å². The Hall–Kier alpha value is -2.33. The highest BCUT2D eigenvalue weighted by Crippen LogP contribution is 2.24. The third-order valence-electron chi connectivity index (χ3n) is 2.77. The lowest BCUT2D eigenvalue weighted by Gasteiger charge is -2.05. The Morgan fingerprint density at radius 1 is 1.05 bits per heavy atom. The lowest BCUT2D eigenvalue weighted by Crippen LogP contribution is -2.04. The molecule has 0 aliphatic heterocycles. The average Bonchev–Trinajstić information content (AvgIpc) is 2.48. The lowest BCUT2D eigenvalue weighted by atomic mass is 10.0. The summed E-state index contributed by atoms with van der Waals surface area (Å²) in [5, 5.41) is 10.1. The number of benzene rings is 2. The van der Waals surface area contributed by atoms with Gasteiger partial charge in [-0.2, -0.15) is 0 Å². The van der Waals surface area contributed by atoms with E-state index in [1.807, 2.05) is 0 Å². The van der Waals surface area contributed by atoms with Crippen LogP contribution in [0.1, 0.15) is 26.3 Å². The molecule has 0 amide bonds. The Balaban J connectivity index is 2.34. The number of phenols is 1. The smallest absolute Gasteiger partial charge is 0.337 e. The molecule has 0 bridgehead atoms. The van der Waals surface area contributed by atoms with Crippen LogP contribution in [0.15, 0.2) is 42.5 Å². The number of methoxy groups -OCH3 is 1. The van der Waals surface area contributed by atoms with Gasteiger partial charge in [-0.3, -0.25) is 4.79 Å². The van der Waals surface area contributed by atoms with Crippen molar-refractivity contribution >= 4 is 23.4 Å². The van der Waals surface area contributed by atoms with Gasteiger partial charge in [-0.25, -0.2) is 4.79 Å². The first-order valence-corrected chi connectivity index (χ1v) is 6.12. The fourth-order valence-corrected chi connectivity index (χ4v) is 1.89. The molecular weight excluding hydrogens is 280 g/mol. The maximum atomic E-state index is 12.2. The second-order valence-corrected chi connectivity index (χ2v) is 4.50. The first-order valence-electron chi connectivity index (χ1n) is 5.74. The van der Waals surface area contributed by atoms with Crippen molar-refractivity contribution in [1.82, 2.24) is 0 Å². The summed E-state index contributed by atoms with van der Waals surface area (Å²) in [5.74, 6) is -0.993. The molecule has 0 spiro atoms. The zero-order chi connectivity index (χ0) is 14.7. The third-order valence-corrected chi connectivity index (χ3v) is 3.01. The predicted octanol–water partition coefficient (Wildman–Crippen LogP) is 3.06. The van der Waals surface area contributed by atoms with Gasteiger partial charge in [0.2, 0.25) is 0 Å². The van der Waals surface area contributed by atoms with Crippen molar-refractivity contribution in [2.45, 2.75) is 0 Å². The fourth-order valence-electron chi connectivity index (χ4n) is 1.72. The number of ketones is 1. The van der Waals surface area contributed by atoms with Gasteiger partial charge >= 0.3 is 5.97 Å². The molecule has 20 heavy (non-hydrogen) atoms. The number of aromatic hydroxyl groups is 1. The highest BCUT2D eigenvalue weighted by atomic mass is 35.5. The summed E-state index contributed by atoms with van der Waals surface area (Å²) in [6, 6.07) is 10.2. The summed E-state index contributed by atoms with van der Waals surface area (Å²) in [7, 11) is 1.28. The molecule has 0 fully saturated rings. The Bertz CT molecular complexity index is 662. The van der Waals surface area contributed by atoms with E-state index in [4.69, 9.17) is 11.6 Å². The van der Waals surface area contributed by atoms with Crippen molar-refractivity contribution in [3.05, 3.63) is 64.2 Å². The first kappa shape index (κ1) is 14.1. The molecule has 2 aromatic carbocycles. The maximum absolute atomic E-state index is 12.2. The fraction of sp³-hybridized carbons (Fsp3) is 0.0667. The van der Waals surface area contributed by atoms with Gasteiger partial charge in [-0.15, -0.1) is 0 Å². The Labute approximate surface area is 120 Å². The summed E-state index contributed by atoms with van der Waals surface area (Å²) >= 11 is 5.81. The SMILES string of the molecule is COC(=O)c1ccc(C(=O)c2cc(Cl)ccc2O)cc1. The van der Waals surface area contributed by atoms with Crippen LogP contribution in [-0.2, 0) is 4.74 Å². The number of hydrogen-bond acceptors (Lipinski definition) is 4. The van der Waals surface area contributed by atoms with Crippen LogP contribution in [0.2, 0.25) is 5.02 Å². The van der Waals surface area contributed by atoms with Crippen LogP contribution in [-0.4, -0.2) is 24.0 Å². The van der Waals surface area contributed by atoms with Gasteiger partial charge in [0.15, 0.2) is 5.78 Å². The number of rotatable bonds is 3. The lowest BCUT2D eigenvalue weighted by molar-refractivity contribution is 0.0600. The van der Waals surface area contributed by atoms with Gasteiger partial charge in [-0.05, 0) is 30.3 Å². The largest absolute Gasteiger partial charge is 0.507 e. The molecule has 2 aromatic rings. The Kier molecular flexibility index (Phi) is 4.05. The van der Waals surface area contributed by atoms with Crippen LogP contribution in [0.5, 0.6) is 5.75 Å². The van der Waals surface area contributed by atoms with E-state index < -0.39 is 5.97 Å². The number of hydrogen-bond donors (Lipinski definition) is 1. The molecule has 1 N–H and O–H groups in total. The normalized spacial score (nSPS) is 10.1. The van der Waals surface area contributed by atoms with Crippen LogP contribution in [0.4, 0.5) is 0 Å². The van der Waals surface area contributed by atoms with Crippen molar-refractivity contribution in [2.75, 3.05) is 7.11 Å². The van der Waals surface area contributed by atoms with Gasteiger partial charge in [0.25, 0.3) is 0 Å². The molecule has 0 atom stereocenters. The van der Waals surface area contributed by atoms with Crippen molar-refractivity contribution < 1.29 is 19.4 Å². The minimum absolute atomic E-state index is 0.114. The predicted molar refractivity (Wildman–Crippen MR) is 74.3 cm³/mol. The van der Waals surface area contributed by atoms with Crippen molar-refractivity contribution in [3.63, 3.8) is 0 Å². The van der Waals surface area contributed by atoms with Gasteiger partial charge in [0.05, 0.1) is 18.2 Å². The van der Waals surface area contributed by atoms with Crippen molar-refractivity contribution in [1.29, 1.82) is 0 Å². The molecular formula is C15H11ClO4. The second-order valence-electron chi connectivity index (χ2n) is 4.06. The minimum Gasteiger partial charge on any atom is -0.507 e. The van der Waals surface area contributed by atoms with Crippen molar-refractivity contribution in [3.8, 4) is 5.75 Å². The van der Waals surface area contributed by atoms with Crippen LogP contribution < -0.4 is 0 Å². The molecule has 0 saturated heterocycles. The summed E-state index contributed by atoms with van der Waals surface area (Å²) in [4.78, 5) is 23.5. The monoisotopic (exact) mass is 290 g/mol. The van der Waals surface area contributed by atoms with Crippen LogP contribution >= 0.6 is 11.6 Å². The van der Waals surface area contributed by atoms with Gasteiger partial charge < -0.3 is 9.84 Å². The number of phenolic OH excluding ortho intramolecular Hbond substituents is 1. The highest BCUT2D eigenvalue weighted by molar-refractivity contribution is 6.31. The summed E-state index contributed by atoms with van der Waals surface area (Å²) in [5.41, 5.74) is 0.804. The molecule has 0 aliphatic rings. The average molecular weight is 291 g/mol. The minimum atomic E-state index is -0.477. The summed E-state index contributed by atoms with van der Waals surface area (Å²) in [6.07, 6.45) is 0. The molecule has 0 aliphatic carbocycles. The number of ether oxygens (including phenoxy) is 1. The molecule has 5 heteroatoms. The summed E-state index contributed by atoms with van der Waals surface area (Å²) in [6.45, 7) is 0. The van der Waals surface area contributed by atoms with Crippen LogP contribution in [0.25, 0.3) is 0 Å². The molecule has 0 saturated carbocycles. The van der Waals surface area contributed by atoms with E-state index in [0.717, 1.165) is 0 Å². The standard InChI is InChI=1S/C15H11ClO4/c1-20-15(19)10-4-2-9(3-5-10)14(18)12-8-11(16)6-7-13(12)17/h2-8,17H,1H3. The third kappa shape index (κ3) is 2.81. The van der Waals surface area contributed by atoms with Crippen molar-refractivity contribution in [2.24, 2.45) is 0 Å². The van der Waals surface area contributed by atoms with E-state index in [1.165, 1.54) is 49.6 Å². The maximum Gasteiger partial charge on any atom is 0.337 e. The number of esters is 1. The number of halogens is 1. The van der Waals surface area contributed by atoms with E-state index in [-0.39, 0.29) is 17.1 Å². The quantitative estimate of drug-likeness (QED) is 0.697. The number of carbonyl (C=O) groups excluding carboxylic acids is 2. The molecule has 0 aromatic heterocycles. The van der Waals surface area contributed by atoms with Gasteiger partial charge in [0, 0.05) is 10.6 Å². The summed E-state index contributed by atoms with van der Waals surface area (Å²) < 4.78 is 4.57. The zero-order valence-electron chi connectivity index (χ0n) is 10.6. The van der Waals surface area contributed by atoms with Gasteiger partial charge in [-0.1, -0.05) is 23.7 Å². The first-order chi connectivity index (χ1) is 9.52. The molecule has 2 rings (SSSR count). The molecule has 0 heterocycles. The second kappa shape index (κ2) is 5.75. The Morgan fingerprint density at radius 2 is 1.65 bits per heavy atom. The van der Waals surface area contributed by atoms with E-state index in [9.17, 15) is 14.7 Å². The molecule has 0 unspecified atom stereocenters. The van der Waals surface area contributed by atoms with Crippen LogP contribution in [0.3, 0.4) is 0 Å². The molecule has 4 nitrogen and oxygen atoms in total. The Morgan fingerprint density at radius 3 is 2.25 bits per heavy atom. The van der Waals surface area contributed by atoms with Crippen LogP contribution in [0, 0.1) is 0 Å². The van der Waals surface area contributed by atoms with E-state index in [1.54, 1.807) is 0 Å². The van der Waals surface area contributed by atoms with E-state index >= 15 is 0 Å². The zero-order valence-corrected chi connectivity index (χ0v) is 11.3. The van der Waals surface area contributed by atoms with E-state index in [0.29, 0.717) is 16.1 Å². The number of carbonyl (C=O) groups is 2. The molecule has 0 radical (unpaired) electrons. The van der Waals surface area contributed by atoms with E-state index in [2.05, 4.69) is 4.74 Å². The van der Waals surface area contributed by atoms with Gasteiger partial charge in [0.1, 0.15) is 5.75 Å².